The molecule has 0 atom stereocenters. The fourth-order valence-electron chi connectivity index (χ4n) is 1.85. The van der Waals surface area contributed by atoms with Crippen LogP contribution in [0.5, 0.6) is 0 Å². The predicted octanol–water partition coefficient (Wildman–Crippen LogP) is 0.906. The Morgan fingerprint density at radius 3 is 2.22 bits per heavy atom. The van der Waals surface area contributed by atoms with Crippen LogP contribution in [0.3, 0.4) is 0 Å². The Morgan fingerprint density at radius 2 is 1.56 bits per heavy atom. The summed E-state index contributed by atoms with van der Waals surface area (Å²) in [6, 6.07) is 0. The molecule has 0 heterocycles. The molecule has 0 radical (unpaired) electrons. The summed E-state index contributed by atoms with van der Waals surface area (Å²) in [5, 5.41) is 9.10. The van der Waals surface area contributed by atoms with Gasteiger partial charge in [0.25, 0.3) is 10.9 Å². The molecular weight excluding hydrogens is 230 g/mol. The fraction of sp³-hybridized carbons (Fsp3) is 0.692. The van der Waals surface area contributed by atoms with Gasteiger partial charge in [-0.15, -0.1) is 0 Å². The Kier molecular flexibility index (Phi) is 6.43. The molecule has 5 nitrogen and oxygen atoms in total. The van der Waals surface area contributed by atoms with Crippen molar-refractivity contribution >= 4 is 11.4 Å². The zero-order valence-corrected chi connectivity index (χ0v) is 11.3. The van der Waals surface area contributed by atoms with E-state index in [4.69, 9.17) is 0 Å². The molecule has 1 rings (SSSR count). The van der Waals surface area contributed by atoms with Crippen LogP contribution in [0.4, 0.5) is 11.4 Å². The molecule has 0 unspecified atom stereocenters. The van der Waals surface area contributed by atoms with Crippen molar-refractivity contribution in [2.45, 2.75) is 32.6 Å². The van der Waals surface area contributed by atoms with E-state index in [-0.39, 0.29) is 0 Å². The molecule has 0 saturated carbocycles. The van der Waals surface area contributed by atoms with E-state index in [1.165, 1.54) is 19.3 Å². The molecule has 0 aliphatic carbocycles. The van der Waals surface area contributed by atoms with E-state index < -0.39 is 10.9 Å². The maximum Gasteiger partial charge on any atom is 0.253 e. The first-order chi connectivity index (χ1) is 8.72. The minimum Gasteiger partial charge on any atom is -0.383 e. The van der Waals surface area contributed by atoms with Crippen molar-refractivity contribution in [1.82, 2.24) is 5.32 Å². The van der Waals surface area contributed by atoms with Crippen LogP contribution < -0.4 is 26.8 Å². The second kappa shape index (κ2) is 7.87. The predicted molar refractivity (Wildman–Crippen MR) is 76.4 cm³/mol. The Balaban J connectivity index is 2.10. The number of unbranched alkanes of at least 4 members (excludes halogenated alkanes) is 2. The van der Waals surface area contributed by atoms with Crippen LogP contribution in [-0.2, 0) is 0 Å². The Morgan fingerprint density at radius 1 is 0.889 bits per heavy atom. The fourth-order valence-corrected chi connectivity index (χ4v) is 1.85. The summed E-state index contributed by atoms with van der Waals surface area (Å²) in [5.74, 6) is 0. The van der Waals surface area contributed by atoms with E-state index in [1.54, 1.807) is 7.05 Å². The van der Waals surface area contributed by atoms with E-state index in [1.807, 2.05) is 0 Å². The molecule has 1 aromatic carbocycles. The minimum atomic E-state index is -0.419. The van der Waals surface area contributed by atoms with Gasteiger partial charge in [-0.25, -0.2) is 0 Å². The lowest BCUT2D eigenvalue weighted by atomic mass is 10.2. The van der Waals surface area contributed by atoms with E-state index in [2.05, 4.69) is 22.9 Å². The van der Waals surface area contributed by atoms with Gasteiger partial charge in [-0.1, -0.05) is 19.8 Å². The maximum atomic E-state index is 11.2. The average Bonchev–Trinajstić information content (AvgIpc) is 2.39. The summed E-state index contributed by atoms with van der Waals surface area (Å²) in [5.41, 5.74) is 0.0253. The minimum absolute atomic E-state index is 0.407. The van der Waals surface area contributed by atoms with Gasteiger partial charge >= 0.3 is 0 Å². The van der Waals surface area contributed by atoms with Crippen LogP contribution in [-0.4, -0.2) is 26.7 Å². The van der Waals surface area contributed by atoms with Crippen molar-refractivity contribution in [3.63, 3.8) is 0 Å². The van der Waals surface area contributed by atoms with Gasteiger partial charge in [0.2, 0.25) is 0 Å². The van der Waals surface area contributed by atoms with E-state index in [9.17, 15) is 9.59 Å². The monoisotopic (exact) mass is 253 g/mol. The summed E-state index contributed by atoms with van der Waals surface area (Å²) < 4.78 is 0. The summed E-state index contributed by atoms with van der Waals surface area (Å²) >= 11 is 0. The molecule has 0 bridgehead atoms. The highest BCUT2D eigenvalue weighted by atomic mass is 16.2. The zero-order valence-electron chi connectivity index (χ0n) is 11.3. The standard InChI is InChI=1S/C13H23N3O2/c1-3-4-5-7-15-8-6-9-16-11-10(14-2)12(17)13(11)18/h14-16H,3-9H2,1-2H3. The van der Waals surface area contributed by atoms with Crippen LogP contribution in [0.1, 0.15) is 32.6 Å². The molecule has 0 amide bonds. The van der Waals surface area contributed by atoms with Crippen LogP contribution in [0.15, 0.2) is 9.59 Å². The van der Waals surface area contributed by atoms with Gasteiger partial charge in [0, 0.05) is 13.6 Å². The van der Waals surface area contributed by atoms with Gasteiger partial charge < -0.3 is 16.0 Å². The Labute approximate surface area is 108 Å². The molecule has 0 aliphatic heterocycles. The Hall–Kier alpha value is -1.36. The molecule has 0 saturated heterocycles. The van der Waals surface area contributed by atoms with Crippen LogP contribution in [0.2, 0.25) is 0 Å². The van der Waals surface area contributed by atoms with Gasteiger partial charge in [0.1, 0.15) is 11.4 Å². The third-order valence-corrected chi connectivity index (χ3v) is 2.95. The number of nitrogens with one attached hydrogen (secondary N) is 3. The first-order valence-corrected chi connectivity index (χ1v) is 6.68. The summed E-state index contributed by atoms with van der Waals surface area (Å²) in [7, 11) is 1.65. The quantitative estimate of drug-likeness (QED) is 0.427. The van der Waals surface area contributed by atoms with Gasteiger partial charge in [-0.2, -0.15) is 0 Å². The molecule has 3 N–H and O–H groups in total. The Bertz CT molecular complexity index is 422. The first kappa shape index (κ1) is 14.7. The molecule has 102 valence electrons. The number of rotatable bonds is 10. The largest absolute Gasteiger partial charge is 0.383 e. The molecule has 1 aromatic rings. The van der Waals surface area contributed by atoms with Gasteiger partial charge in [-0.3, -0.25) is 9.59 Å². The third-order valence-electron chi connectivity index (χ3n) is 2.95. The molecule has 0 aliphatic rings. The maximum absolute atomic E-state index is 11.2. The molecule has 0 spiro atoms. The molecule has 0 fully saturated rings. The lowest BCUT2D eigenvalue weighted by molar-refractivity contribution is 0.606. The normalized spacial score (nSPS) is 10.8. The summed E-state index contributed by atoms with van der Waals surface area (Å²) in [4.78, 5) is 22.4. The van der Waals surface area contributed by atoms with Gasteiger partial charge in [-0.05, 0) is 25.9 Å². The average molecular weight is 253 g/mol. The van der Waals surface area contributed by atoms with Crippen molar-refractivity contribution in [3.05, 3.63) is 20.4 Å². The summed E-state index contributed by atoms with van der Waals surface area (Å²) in [6.07, 6.45) is 4.65. The van der Waals surface area contributed by atoms with E-state index >= 15 is 0 Å². The van der Waals surface area contributed by atoms with Gasteiger partial charge in [0.05, 0.1) is 0 Å². The van der Waals surface area contributed by atoms with Crippen LogP contribution in [0, 0.1) is 0 Å². The zero-order chi connectivity index (χ0) is 13.4. The highest BCUT2D eigenvalue weighted by Crippen LogP contribution is 2.12. The molecule has 0 aromatic heterocycles. The number of hydrogen-bond donors (Lipinski definition) is 3. The third kappa shape index (κ3) is 3.84. The smallest absolute Gasteiger partial charge is 0.253 e. The highest BCUT2D eigenvalue weighted by Gasteiger charge is 2.18. The lowest BCUT2D eigenvalue weighted by Gasteiger charge is -2.12. The van der Waals surface area contributed by atoms with Crippen molar-refractivity contribution in [3.8, 4) is 0 Å². The molecule has 5 heteroatoms. The van der Waals surface area contributed by atoms with E-state index in [0.717, 1.165) is 19.5 Å². The second-order valence-corrected chi connectivity index (χ2v) is 4.40. The highest BCUT2D eigenvalue weighted by molar-refractivity contribution is 5.73. The van der Waals surface area contributed by atoms with Crippen LogP contribution in [0.25, 0.3) is 0 Å². The van der Waals surface area contributed by atoms with Crippen LogP contribution >= 0.6 is 0 Å². The van der Waals surface area contributed by atoms with Crippen molar-refractivity contribution in [2.24, 2.45) is 0 Å². The lowest BCUT2D eigenvalue weighted by Crippen LogP contribution is -2.37. The molecular formula is C13H23N3O2. The van der Waals surface area contributed by atoms with Gasteiger partial charge in [0.15, 0.2) is 0 Å². The second-order valence-electron chi connectivity index (χ2n) is 4.40. The topological polar surface area (TPSA) is 70.2 Å². The SMILES string of the molecule is CCCCCNCCCNc1c(NC)c(=O)c1=O. The van der Waals surface area contributed by atoms with Crippen molar-refractivity contribution in [2.75, 3.05) is 37.3 Å². The molecule has 18 heavy (non-hydrogen) atoms. The number of anilines is 2. The first-order valence-electron chi connectivity index (χ1n) is 6.68. The van der Waals surface area contributed by atoms with E-state index in [0.29, 0.717) is 17.9 Å². The summed E-state index contributed by atoms with van der Waals surface area (Å²) in [6.45, 7) is 4.88. The number of hydrogen-bond acceptors (Lipinski definition) is 5. The van der Waals surface area contributed by atoms with Crippen molar-refractivity contribution in [1.29, 1.82) is 0 Å². The van der Waals surface area contributed by atoms with Crippen molar-refractivity contribution < 1.29 is 0 Å².